The lowest BCUT2D eigenvalue weighted by Gasteiger charge is -2.38. The summed E-state index contributed by atoms with van der Waals surface area (Å²) in [5.41, 5.74) is 2.11. The number of hydrogen-bond donors (Lipinski definition) is 0. The van der Waals surface area contributed by atoms with Crippen molar-refractivity contribution in [3.8, 4) is 0 Å². The molecule has 4 nitrogen and oxygen atoms in total. The second kappa shape index (κ2) is 6.99. The topological polar surface area (TPSA) is 46.6 Å². The monoisotopic (exact) mass is 381 g/mol. The maximum absolute atomic E-state index is 13.1. The molecule has 1 atom stereocenters. The number of aryl methyl sites for hydroxylation is 1. The molecule has 0 aliphatic carbocycles. The molecule has 140 valence electrons. The van der Waals surface area contributed by atoms with Crippen molar-refractivity contribution in [1.29, 1.82) is 0 Å². The molecule has 0 spiro atoms. The minimum atomic E-state index is -3.52. The van der Waals surface area contributed by atoms with E-state index >= 15 is 0 Å². The average Bonchev–Trinajstić information content (AvgIpc) is 2.86. The Balaban J connectivity index is 2.22. The van der Waals surface area contributed by atoms with Crippen molar-refractivity contribution < 1.29 is 12.8 Å². The van der Waals surface area contributed by atoms with Crippen LogP contribution in [0.15, 0.2) is 40.8 Å². The molecule has 0 aromatic heterocycles. The largest absolute Gasteiger partial charge is 0.415 e. The van der Waals surface area contributed by atoms with Gasteiger partial charge < -0.3 is 4.43 Å². The van der Waals surface area contributed by atoms with Gasteiger partial charge in [0.1, 0.15) is 0 Å². The highest BCUT2D eigenvalue weighted by molar-refractivity contribution is 7.89. The van der Waals surface area contributed by atoms with Crippen molar-refractivity contribution in [1.82, 2.24) is 4.31 Å². The van der Waals surface area contributed by atoms with Crippen LogP contribution in [0, 0.1) is 6.92 Å². The Morgan fingerprint density at radius 2 is 1.72 bits per heavy atom. The van der Waals surface area contributed by atoms with Crippen LogP contribution >= 0.6 is 0 Å². The molecule has 0 N–H and O–H groups in total. The van der Waals surface area contributed by atoms with Gasteiger partial charge in [-0.25, -0.2) is 8.42 Å². The smallest absolute Gasteiger partial charge is 0.243 e. The molecule has 6 heteroatoms. The zero-order valence-electron chi connectivity index (χ0n) is 16.5. The van der Waals surface area contributed by atoms with Crippen molar-refractivity contribution in [2.75, 3.05) is 13.2 Å². The molecule has 0 amide bonds. The predicted octanol–water partition coefficient (Wildman–Crippen LogP) is 4.34. The van der Waals surface area contributed by atoms with E-state index in [0.717, 1.165) is 11.1 Å². The van der Waals surface area contributed by atoms with Gasteiger partial charge in [-0.2, -0.15) is 4.31 Å². The number of benzene rings is 1. The molecule has 25 heavy (non-hydrogen) atoms. The molecule has 2 rings (SSSR count). The highest BCUT2D eigenvalue weighted by atomic mass is 32.2. The first kappa shape index (κ1) is 20.4. The van der Waals surface area contributed by atoms with Gasteiger partial charge in [0.25, 0.3) is 0 Å². The summed E-state index contributed by atoms with van der Waals surface area (Å²) in [6.07, 6.45) is 1.99. The van der Waals surface area contributed by atoms with E-state index in [1.54, 1.807) is 16.4 Å². The minimum Gasteiger partial charge on any atom is -0.415 e. The first-order chi connectivity index (χ1) is 11.4. The van der Waals surface area contributed by atoms with E-state index in [0.29, 0.717) is 18.0 Å². The zero-order chi connectivity index (χ0) is 19.0. The van der Waals surface area contributed by atoms with Gasteiger partial charge in [0, 0.05) is 6.54 Å². The molecule has 1 aromatic carbocycles. The second-order valence-corrected chi connectivity index (χ2v) is 15.1. The summed E-state index contributed by atoms with van der Waals surface area (Å²) in [6, 6.07) is 6.82. The Morgan fingerprint density at radius 3 is 2.24 bits per heavy atom. The molecule has 0 fully saturated rings. The van der Waals surface area contributed by atoms with Crippen LogP contribution in [0.1, 0.15) is 33.3 Å². The summed E-state index contributed by atoms with van der Waals surface area (Å²) in [7, 11) is -5.45. The molecule has 0 bridgehead atoms. The van der Waals surface area contributed by atoms with Crippen LogP contribution in [0.3, 0.4) is 0 Å². The Morgan fingerprint density at radius 1 is 1.16 bits per heavy atom. The first-order valence-corrected chi connectivity index (χ1v) is 13.1. The van der Waals surface area contributed by atoms with Gasteiger partial charge in [-0.05, 0) is 44.1 Å². The first-order valence-electron chi connectivity index (χ1n) is 8.75. The Kier molecular flexibility index (Phi) is 5.69. The molecular formula is C19H31NO3SSi. The number of nitrogens with zero attached hydrogens (tertiary/aromatic N) is 1. The van der Waals surface area contributed by atoms with Crippen molar-refractivity contribution in [3.05, 3.63) is 41.5 Å². The Labute approximate surface area is 154 Å². The van der Waals surface area contributed by atoms with Crippen molar-refractivity contribution in [2.45, 2.75) is 63.7 Å². The van der Waals surface area contributed by atoms with Gasteiger partial charge in [0.05, 0.1) is 17.5 Å². The molecule has 0 radical (unpaired) electrons. The highest BCUT2D eigenvalue weighted by Gasteiger charge is 2.41. The lowest BCUT2D eigenvalue weighted by atomic mass is 10.2. The normalized spacial score (nSPS) is 20.0. The molecule has 0 saturated heterocycles. The van der Waals surface area contributed by atoms with Gasteiger partial charge in [0.15, 0.2) is 8.32 Å². The summed E-state index contributed by atoms with van der Waals surface area (Å²) in [4.78, 5) is 0.346. The zero-order valence-corrected chi connectivity index (χ0v) is 18.3. The van der Waals surface area contributed by atoms with E-state index in [4.69, 9.17) is 4.43 Å². The third-order valence-corrected chi connectivity index (χ3v) is 11.9. The van der Waals surface area contributed by atoms with E-state index in [1.165, 1.54) is 0 Å². The molecule has 1 aromatic rings. The summed E-state index contributed by atoms with van der Waals surface area (Å²) >= 11 is 0. The van der Waals surface area contributed by atoms with Crippen molar-refractivity contribution >= 4 is 18.3 Å². The predicted molar refractivity (Wildman–Crippen MR) is 106 cm³/mol. The maximum Gasteiger partial charge on any atom is 0.243 e. The highest BCUT2D eigenvalue weighted by Crippen LogP contribution is 2.37. The van der Waals surface area contributed by atoms with E-state index in [-0.39, 0.29) is 11.1 Å². The van der Waals surface area contributed by atoms with Crippen LogP contribution in [0.2, 0.25) is 18.1 Å². The molecule has 1 aliphatic rings. The van der Waals surface area contributed by atoms with E-state index in [1.807, 2.05) is 32.1 Å². The lowest BCUT2D eigenvalue weighted by Crippen LogP contribution is -2.46. The fourth-order valence-corrected chi connectivity index (χ4v) is 5.15. The molecule has 1 unspecified atom stereocenters. The molecule has 1 heterocycles. The van der Waals surface area contributed by atoms with Crippen LogP contribution in [0.4, 0.5) is 0 Å². The minimum absolute atomic E-state index is 0.101. The SMILES string of the molecule is CC1=CCN(S(=O)(=O)c2ccc(C)cc2)C1CO[Si](C)(C)C(C)(C)C. The average molecular weight is 382 g/mol. The van der Waals surface area contributed by atoms with E-state index in [2.05, 4.69) is 33.9 Å². The summed E-state index contributed by atoms with van der Waals surface area (Å²) in [6.45, 7) is 15.7. The fourth-order valence-electron chi connectivity index (χ4n) is 2.55. The Hall–Kier alpha value is -0.953. The van der Waals surface area contributed by atoms with Crippen LogP contribution in [-0.2, 0) is 14.4 Å². The van der Waals surface area contributed by atoms with Crippen LogP contribution in [0.25, 0.3) is 0 Å². The van der Waals surface area contributed by atoms with Gasteiger partial charge in [-0.3, -0.25) is 0 Å². The van der Waals surface area contributed by atoms with Gasteiger partial charge in [-0.1, -0.05) is 50.1 Å². The standard InChI is InChI=1S/C19H31NO3SSi/c1-15-8-10-17(11-9-15)24(21,22)20-13-12-16(2)18(20)14-23-25(6,7)19(3,4)5/h8-12,18H,13-14H2,1-7H3. The van der Waals surface area contributed by atoms with E-state index in [9.17, 15) is 8.42 Å². The van der Waals surface area contributed by atoms with Crippen molar-refractivity contribution in [2.24, 2.45) is 0 Å². The van der Waals surface area contributed by atoms with Crippen LogP contribution < -0.4 is 0 Å². The van der Waals surface area contributed by atoms with Crippen LogP contribution in [0.5, 0.6) is 0 Å². The number of rotatable bonds is 5. The lowest BCUT2D eigenvalue weighted by molar-refractivity contribution is 0.226. The number of hydrogen-bond acceptors (Lipinski definition) is 3. The third-order valence-electron chi connectivity index (χ3n) is 5.50. The van der Waals surface area contributed by atoms with Gasteiger partial charge >= 0.3 is 0 Å². The van der Waals surface area contributed by atoms with E-state index < -0.39 is 18.3 Å². The number of sulfonamides is 1. The van der Waals surface area contributed by atoms with Gasteiger partial charge in [-0.15, -0.1) is 0 Å². The molecular weight excluding hydrogens is 350 g/mol. The Bertz CT molecular complexity index is 746. The maximum atomic E-state index is 13.1. The van der Waals surface area contributed by atoms with Crippen LogP contribution in [-0.4, -0.2) is 40.2 Å². The molecule has 0 saturated carbocycles. The summed E-state index contributed by atoms with van der Waals surface area (Å²) < 4.78 is 34.0. The second-order valence-electron chi connectivity index (χ2n) is 8.42. The molecule has 1 aliphatic heterocycles. The van der Waals surface area contributed by atoms with Gasteiger partial charge in [0.2, 0.25) is 10.0 Å². The quantitative estimate of drug-likeness (QED) is 0.563. The van der Waals surface area contributed by atoms with Crippen molar-refractivity contribution in [3.63, 3.8) is 0 Å². The third kappa shape index (κ3) is 4.24. The summed E-state index contributed by atoms with van der Waals surface area (Å²) in [5, 5.41) is 0.101. The summed E-state index contributed by atoms with van der Waals surface area (Å²) in [5.74, 6) is 0. The fraction of sp³-hybridized carbons (Fsp3) is 0.579.